The van der Waals surface area contributed by atoms with Crippen LogP contribution in [-0.2, 0) is 0 Å². The van der Waals surface area contributed by atoms with Crippen LogP contribution in [0.15, 0.2) is 12.1 Å². The third-order valence-electron chi connectivity index (χ3n) is 2.33. The van der Waals surface area contributed by atoms with Crippen LogP contribution in [0.1, 0.15) is 29.3 Å². The first kappa shape index (κ1) is 9.53. The Balaban J connectivity index is 2.59. The van der Waals surface area contributed by atoms with Gasteiger partial charge in [0.25, 0.3) is 0 Å². The molecule has 2 rings (SSSR count). The second-order valence-corrected chi connectivity index (χ2v) is 4.09. The van der Waals surface area contributed by atoms with E-state index in [1.807, 2.05) is 19.9 Å². The van der Waals surface area contributed by atoms with Crippen molar-refractivity contribution in [2.75, 3.05) is 0 Å². The summed E-state index contributed by atoms with van der Waals surface area (Å²) < 4.78 is 5.61. The molecule has 2 nitrogen and oxygen atoms in total. The fraction of sp³-hybridized carbons (Fsp3) is 0.364. The number of hydrogen-bond acceptors (Lipinski definition) is 2. The highest BCUT2D eigenvalue weighted by atomic mass is 35.5. The van der Waals surface area contributed by atoms with E-state index in [0.29, 0.717) is 22.8 Å². The van der Waals surface area contributed by atoms with Crippen LogP contribution in [0.25, 0.3) is 0 Å². The van der Waals surface area contributed by atoms with Crippen molar-refractivity contribution < 1.29 is 9.53 Å². The number of Topliss-reactive ketones (excluding diaryl/α,β-unsaturated/α-hetero) is 1. The summed E-state index contributed by atoms with van der Waals surface area (Å²) in [4.78, 5) is 11.7. The van der Waals surface area contributed by atoms with Gasteiger partial charge in [0.15, 0.2) is 5.78 Å². The maximum absolute atomic E-state index is 11.7. The molecule has 0 fully saturated rings. The second-order valence-electron chi connectivity index (χ2n) is 3.66. The van der Waals surface area contributed by atoms with Crippen molar-refractivity contribution in [3.05, 3.63) is 28.3 Å². The summed E-state index contributed by atoms with van der Waals surface area (Å²) in [6.45, 7) is 3.80. The molecule has 14 heavy (non-hydrogen) atoms. The number of aryl methyl sites for hydroxylation is 1. The molecule has 0 saturated carbocycles. The minimum Gasteiger partial charge on any atom is -0.489 e. The van der Waals surface area contributed by atoms with Crippen molar-refractivity contribution in [1.82, 2.24) is 0 Å². The third kappa shape index (κ3) is 1.50. The lowest BCUT2D eigenvalue weighted by molar-refractivity contribution is 0.0869. The van der Waals surface area contributed by atoms with Crippen molar-refractivity contribution in [2.24, 2.45) is 0 Å². The molecule has 74 valence electrons. The van der Waals surface area contributed by atoms with E-state index in [-0.39, 0.29) is 11.9 Å². The Kier molecular flexibility index (Phi) is 2.23. The monoisotopic (exact) mass is 210 g/mol. The lowest BCUT2D eigenvalue weighted by Crippen LogP contribution is -2.24. The zero-order chi connectivity index (χ0) is 10.3. The average Bonchev–Trinajstić information content (AvgIpc) is 2.07. The lowest BCUT2D eigenvalue weighted by atomic mass is 9.99. The summed E-state index contributed by atoms with van der Waals surface area (Å²) in [5.74, 6) is 0.808. The predicted molar refractivity (Wildman–Crippen MR) is 55.2 cm³/mol. The van der Waals surface area contributed by atoms with E-state index < -0.39 is 0 Å². The van der Waals surface area contributed by atoms with Gasteiger partial charge in [0.05, 0.1) is 5.56 Å². The normalized spacial score (nSPS) is 20.2. The summed E-state index contributed by atoms with van der Waals surface area (Å²) in [5.41, 5.74) is 1.54. The standard InChI is InChI=1S/C11H11ClO2/c1-6-3-8(12)5-9-10(13)4-7(2)14-11(6)9/h3,5,7H,4H2,1-2H3/t7-/m0/s1. The summed E-state index contributed by atoms with van der Waals surface area (Å²) in [6, 6.07) is 3.49. The first-order valence-corrected chi connectivity index (χ1v) is 4.95. The van der Waals surface area contributed by atoms with Gasteiger partial charge in [0.2, 0.25) is 0 Å². The predicted octanol–water partition coefficient (Wildman–Crippen LogP) is 3.00. The first-order chi connectivity index (χ1) is 6.58. The molecular formula is C11H11ClO2. The van der Waals surface area contributed by atoms with E-state index in [4.69, 9.17) is 16.3 Å². The highest BCUT2D eigenvalue weighted by molar-refractivity contribution is 6.31. The summed E-state index contributed by atoms with van der Waals surface area (Å²) in [5, 5.41) is 0.591. The van der Waals surface area contributed by atoms with Gasteiger partial charge in [-0.15, -0.1) is 0 Å². The Bertz CT molecular complexity index is 399. The third-order valence-corrected chi connectivity index (χ3v) is 2.55. The van der Waals surface area contributed by atoms with Crippen LogP contribution in [0, 0.1) is 6.92 Å². The maximum atomic E-state index is 11.7. The van der Waals surface area contributed by atoms with E-state index in [1.54, 1.807) is 6.07 Å². The molecule has 0 aromatic heterocycles. The zero-order valence-electron chi connectivity index (χ0n) is 8.13. The van der Waals surface area contributed by atoms with Crippen molar-refractivity contribution in [2.45, 2.75) is 26.4 Å². The Morgan fingerprint density at radius 3 is 2.93 bits per heavy atom. The number of ketones is 1. The number of rotatable bonds is 0. The van der Waals surface area contributed by atoms with Crippen molar-refractivity contribution in [3.63, 3.8) is 0 Å². The highest BCUT2D eigenvalue weighted by Crippen LogP contribution is 2.33. The van der Waals surface area contributed by atoms with Crippen LogP contribution < -0.4 is 4.74 Å². The van der Waals surface area contributed by atoms with E-state index in [2.05, 4.69) is 0 Å². The smallest absolute Gasteiger partial charge is 0.170 e. The molecule has 1 aromatic rings. The van der Waals surface area contributed by atoms with Gasteiger partial charge in [-0.1, -0.05) is 11.6 Å². The van der Waals surface area contributed by atoms with Crippen LogP contribution in [0.3, 0.4) is 0 Å². The van der Waals surface area contributed by atoms with E-state index in [1.165, 1.54) is 0 Å². The van der Waals surface area contributed by atoms with Crippen LogP contribution in [0.4, 0.5) is 0 Å². The fourth-order valence-electron chi connectivity index (χ4n) is 1.71. The first-order valence-electron chi connectivity index (χ1n) is 4.58. The molecule has 1 heterocycles. The van der Waals surface area contributed by atoms with E-state index in [9.17, 15) is 4.79 Å². The Hall–Kier alpha value is -1.02. The SMILES string of the molecule is Cc1cc(Cl)cc2c1O[C@@H](C)CC2=O. The molecule has 1 atom stereocenters. The number of benzene rings is 1. The number of fused-ring (bicyclic) bond motifs is 1. The summed E-state index contributed by atoms with van der Waals surface area (Å²) >= 11 is 5.88. The minimum absolute atomic E-state index is 0.0325. The molecule has 0 bridgehead atoms. The van der Waals surface area contributed by atoms with Crippen LogP contribution in [-0.4, -0.2) is 11.9 Å². The van der Waals surface area contributed by atoms with Gasteiger partial charge in [-0.2, -0.15) is 0 Å². The Morgan fingerprint density at radius 1 is 1.50 bits per heavy atom. The number of hydrogen-bond donors (Lipinski definition) is 0. The van der Waals surface area contributed by atoms with Gasteiger partial charge < -0.3 is 4.74 Å². The van der Waals surface area contributed by atoms with Gasteiger partial charge in [-0.05, 0) is 31.5 Å². The maximum Gasteiger partial charge on any atom is 0.170 e. The summed E-state index contributed by atoms with van der Waals surface area (Å²) in [7, 11) is 0. The second kappa shape index (κ2) is 3.28. The molecule has 1 aliphatic rings. The number of carbonyl (C=O) groups is 1. The molecule has 0 aliphatic carbocycles. The molecule has 0 radical (unpaired) electrons. The molecule has 0 spiro atoms. The van der Waals surface area contributed by atoms with Gasteiger partial charge >= 0.3 is 0 Å². The number of carbonyl (C=O) groups excluding carboxylic acids is 1. The molecule has 1 aliphatic heterocycles. The molecule has 0 N–H and O–H groups in total. The lowest BCUT2D eigenvalue weighted by Gasteiger charge is -2.23. The van der Waals surface area contributed by atoms with E-state index >= 15 is 0 Å². The fourth-order valence-corrected chi connectivity index (χ4v) is 1.98. The van der Waals surface area contributed by atoms with Gasteiger partial charge in [0, 0.05) is 11.4 Å². The molecule has 3 heteroatoms. The van der Waals surface area contributed by atoms with Crippen molar-refractivity contribution >= 4 is 17.4 Å². The van der Waals surface area contributed by atoms with Crippen LogP contribution >= 0.6 is 11.6 Å². The zero-order valence-corrected chi connectivity index (χ0v) is 8.89. The van der Waals surface area contributed by atoms with Crippen LogP contribution in [0.2, 0.25) is 5.02 Å². The topological polar surface area (TPSA) is 26.3 Å². The molecule has 1 aromatic carbocycles. The quantitative estimate of drug-likeness (QED) is 0.658. The summed E-state index contributed by atoms with van der Waals surface area (Å²) in [6.07, 6.45) is 0.405. The minimum atomic E-state index is -0.0325. The molecule has 0 saturated heterocycles. The van der Waals surface area contributed by atoms with E-state index in [0.717, 1.165) is 5.56 Å². The number of halogens is 1. The van der Waals surface area contributed by atoms with Crippen LogP contribution in [0.5, 0.6) is 5.75 Å². The average molecular weight is 211 g/mol. The number of ether oxygens (including phenoxy) is 1. The largest absolute Gasteiger partial charge is 0.489 e. The Labute approximate surface area is 87.8 Å². The van der Waals surface area contributed by atoms with Crippen molar-refractivity contribution in [3.8, 4) is 5.75 Å². The highest BCUT2D eigenvalue weighted by Gasteiger charge is 2.25. The van der Waals surface area contributed by atoms with Gasteiger partial charge in [-0.25, -0.2) is 0 Å². The molecular weight excluding hydrogens is 200 g/mol. The molecule has 0 unspecified atom stereocenters. The Morgan fingerprint density at radius 2 is 2.21 bits per heavy atom. The molecule has 0 amide bonds. The van der Waals surface area contributed by atoms with Gasteiger partial charge in [0.1, 0.15) is 11.9 Å². The van der Waals surface area contributed by atoms with Crippen molar-refractivity contribution in [1.29, 1.82) is 0 Å². The van der Waals surface area contributed by atoms with Gasteiger partial charge in [-0.3, -0.25) is 4.79 Å².